The van der Waals surface area contributed by atoms with Gasteiger partial charge in [-0.3, -0.25) is 0 Å². The Balaban J connectivity index is 2.75. The molecule has 0 saturated heterocycles. The van der Waals surface area contributed by atoms with Gasteiger partial charge in [-0.2, -0.15) is 4.98 Å². The molecular formula is C8H11N5. The van der Waals surface area contributed by atoms with Crippen LogP contribution < -0.4 is 5.32 Å². The van der Waals surface area contributed by atoms with Gasteiger partial charge in [0.15, 0.2) is 5.65 Å². The minimum Gasteiger partial charge on any atom is -0.359 e. The zero-order valence-electron chi connectivity index (χ0n) is 7.84. The largest absolute Gasteiger partial charge is 0.359 e. The van der Waals surface area contributed by atoms with Crippen molar-refractivity contribution < 1.29 is 0 Å². The Hall–Kier alpha value is -1.65. The van der Waals surface area contributed by atoms with Crippen LogP contribution in [-0.2, 0) is 0 Å². The van der Waals surface area contributed by atoms with Crippen LogP contribution in [0.3, 0.4) is 0 Å². The number of imidazole rings is 1. The van der Waals surface area contributed by atoms with Crippen molar-refractivity contribution in [3.05, 3.63) is 11.5 Å². The number of anilines is 1. The highest BCUT2D eigenvalue weighted by atomic mass is 15.1. The van der Waals surface area contributed by atoms with Crippen LogP contribution in [0.2, 0.25) is 0 Å². The van der Waals surface area contributed by atoms with Crippen molar-refractivity contribution in [3.8, 4) is 0 Å². The van der Waals surface area contributed by atoms with Crippen LogP contribution >= 0.6 is 0 Å². The van der Waals surface area contributed by atoms with Crippen LogP contribution in [0.15, 0.2) is 0 Å². The second kappa shape index (κ2) is 2.69. The molecule has 2 rings (SSSR count). The lowest BCUT2D eigenvalue weighted by Crippen LogP contribution is -1.91. The Morgan fingerprint density at radius 3 is 2.62 bits per heavy atom. The van der Waals surface area contributed by atoms with E-state index in [0.717, 1.165) is 23.0 Å². The summed E-state index contributed by atoms with van der Waals surface area (Å²) < 4.78 is 0. The molecule has 2 heterocycles. The average Bonchev–Trinajstić information content (AvgIpc) is 2.47. The molecule has 0 aliphatic carbocycles. The molecule has 2 aromatic heterocycles. The van der Waals surface area contributed by atoms with Crippen molar-refractivity contribution in [2.75, 3.05) is 12.4 Å². The van der Waals surface area contributed by atoms with Crippen LogP contribution in [0.5, 0.6) is 0 Å². The number of rotatable bonds is 1. The predicted molar refractivity (Wildman–Crippen MR) is 50.7 cm³/mol. The maximum absolute atomic E-state index is 4.24. The molecule has 0 unspecified atom stereocenters. The number of hydrogen-bond donors (Lipinski definition) is 2. The van der Waals surface area contributed by atoms with Gasteiger partial charge in [-0.1, -0.05) is 0 Å². The monoisotopic (exact) mass is 177 g/mol. The number of aryl methyl sites for hydroxylation is 2. The summed E-state index contributed by atoms with van der Waals surface area (Å²) in [6, 6.07) is 0. The first-order valence-corrected chi connectivity index (χ1v) is 4.09. The minimum atomic E-state index is 0.717. The molecule has 0 aliphatic rings. The van der Waals surface area contributed by atoms with Crippen molar-refractivity contribution in [2.45, 2.75) is 13.8 Å². The number of nitrogens with one attached hydrogen (secondary N) is 2. The van der Waals surface area contributed by atoms with Crippen LogP contribution in [0.4, 0.5) is 5.95 Å². The van der Waals surface area contributed by atoms with Gasteiger partial charge in [-0.25, -0.2) is 9.97 Å². The lowest BCUT2D eigenvalue weighted by Gasteiger charge is -1.94. The van der Waals surface area contributed by atoms with Crippen molar-refractivity contribution in [1.82, 2.24) is 19.9 Å². The van der Waals surface area contributed by atoms with Crippen LogP contribution in [0.25, 0.3) is 11.2 Å². The minimum absolute atomic E-state index is 0.717. The molecule has 0 aliphatic heterocycles. The van der Waals surface area contributed by atoms with Gasteiger partial charge in [0.2, 0.25) is 5.95 Å². The van der Waals surface area contributed by atoms with Gasteiger partial charge in [-0.05, 0) is 13.8 Å². The van der Waals surface area contributed by atoms with Crippen molar-refractivity contribution in [3.63, 3.8) is 0 Å². The van der Waals surface area contributed by atoms with E-state index in [2.05, 4.69) is 25.3 Å². The molecule has 68 valence electrons. The third-order valence-corrected chi connectivity index (χ3v) is 1.88. The second-order valence-corrected chi connectivity index (χ2v) is 2.89. The lowest BCUT2D eigenvalue weighted by atomic mass is 10.4. The Bertz CT molecular complexity index is 445. The fourth-order valence-electron chi connectivity index (χ4n) is 1.29. The fourth-order valence-corrected chi connectivity index (χ4v) is 1.29. The highest BCUT2D eigenvalue weighted by molar-refractivity contribution is 5.75. The lowest BCUT2D eigenvalue weighted by molar-refractivity contribution is 1.04. The predicted octanol–water partition coefficient (Wildman–Crippen LogP) is 1.01. The smallest absolute Gasteiger partial charge is 0.202 e. The molecule has 0 fully saturated rings. The standard InChI is InChI=1S/C8H11N5/c1-4-6-7(11-5(2)10-4)13-8(9-3)12-6/h1-3H3,(H2,9,10,11,12,13). The fraction of sp³-hybridized carbons (Fsp3) is 0.375. The number of fused-ring (bicyclic) bond motifs is 1. The molecule has 0 amide bonds. The van der Waals surface area contributed by atoms with E-state index in [9.17, 15) is 0 Å². The topological polar surface area (TPSA) is 66.5 Å². The maximum atomic E-state index is 4.24. The second-order valence-electron chi connectivity index (χ2n) is 2.89. The average molecular weight is 177 g/mol. The van der Waals surface area contributed by atoms with Crippen LogP contribution in [0.1, 0.15) is 11.5 Å². The molecule has 2 aromatic rings. The first kappa shape index (κ1) is 7.97. The Morgan fingerprint density at radius 2 is 1.92 bits per heavy atom. The van der Waals surface area contributed by atoms with E-state index in [1.807, 2.05) is 20.9 Å². The summed E-state index contributed by atoms with van der Waals surface area (Å²) in [6.07, 6.45) is 0. The zero-order chi connectivity index (χ0) is 9.42. The number of H-pyrrole nitrogens is 1. The first-order chi connectivity index (χ1) is 6.20. The molecular weight excluding hydrogens is 166 g/mol. The van der Waals surface area contributed by atoms with Crippen LogP contribution in [0, 0.1) is 13.8 Å². The summed E-state index contributed by atoms with van der Waals surface area (Å²) in [5.74, 6) is 1.47. The maximum Gasteiger partial charge on any atom is 0.202 e. The van der Waals surface area contributed by atoms with Gasteiger partial charge >= 0.3 is 0 Å². The van der Waals surface area contributed by atoms with Gasteiger partial charge in [-0.15, -0.1) is 0 Å². The molecule has 13 heavy (non-hydrogen) atoms. The number of nitrogens with zero attached hydrogens (tertiary/aromatic N) is 3. The summed E-state index contributed by atoms with van der Waals surface area (Å²) in [6.45, 7) is 3.80. The van der Waals surface area contributed by atoms with E-state index in [1.165, 1.54) is 0 Å². The van der Waals surface area contributed by atoms with E-state index >= 15 is 0 Å². The highest BCUT2D eigenvalue weighted by Crippen LogP contribution is 2.14. The van der Waals surface area contributed by atoms with Crippen molar-refractivity contribution >= 4 is 17.1 Å². The van der Waals surface area contributed by atoms with E-state index in [4.69, 9.17) is 0 Å². The van der Waals surface area contributed by atoms with E-state index in [0.29, 0.717) is 5.65 Å². The number of aromatic amines is 1. The molecule has 5 heteroatoms. The summed E-state index contributed by atoms with van der Waals surface area (Å²) in [7, 11) is 1.81. The molecule has 0 saturated carbocycles. The molecule has 0 aromatic carbocycles. The molecule has 0 spiro atoms. The van der Waals surface area contributed by atoms with Crippen molar-refractivity contribution in [1.29, 1.82) is 0 Å². The summed E-state index contributed by atoms with van der Waals surface area (Å²) in [5, 5.41) is 2.93. The summed E-state index contributed by atoms with van der Waals surface area (Å²) in [5.41, 5.74) is 2.54. The molecule has 0 radical (unpaired) electrons. The van der Waals surface area contributed by atoms with Crippen molar-refractivity contribution in [2.24, 2.45) is 0 Å². The Kier molecular flexibility index (Phi) is 1.65. The quantitative estimate of drug-likeness (QED) is 0.682. The Labute approximate surface area is 75.6 Å². The van der Waals surface area contributed by atoms with Gasteiger partial charge in [0.1, 0.15) is 11.3 Å². The number of hydrogen-bond acceptors (Lipinski definition) is 4. The Morgan fingerprint density at radius 1 is 1.15 bits per heavy atom. The first-order valence-electron chi connectivity index (χ1n) is 4.09. The van der Waals surface area contributed by atoms with E-state index in [-0.39, 0.29) is 0 Å². The van der Waals surface area contributed by atoms with Gasteiger partial charge < -0.3 is 10.3 Å². The summed E-state index contributed by atoms with van der Waals surface area (Å²) >= 11 is 0. The van der Waals surface area contributed by atoms with E-state index < -0.39 is 0 Å². The zero-order valence-corrected chi connectivity index (χ0v) is 7.84. The third-order valence-electron chi connectivity index (χ3n) is 1.88. The molecule has 2 N–H and O–H groups in total. The number of aromatic nitrogens is 4. The normalized spacial score (nSPS) is 10.7. The highest BCUT2D eigenvalue weighted by Gasteiger charge is 2.06. The molecule has 0 bridgehead atoms. The molecule has 0 atom stereocenters. The third kappa shape index (κ3) is 1.22. The molecule has 5 nitrogen and oxygen atoms in total. The van der Waals surface area contributed by atoms with E-state index in [1.54, 1.807) is 0 Å². The summed E-state index contributed by atoms with van der Waals surface area (Å²) in [4.78, 5) is 15.8. The van der Waals surface area contributed by atoms with Gasteiger partial charge in [0.25, 0.3) is 0 Å². The van der Waals surface area contributed by atoms with Crippen LogP contribution in [-0.4, -0.2) is 27.0 Å². The SMILES string of the molecule is CNc1nc2nc(C)nc(C)c2[nH]1. The van der Waals surface area contributed by atoms with Gasteiger partial charge in [0.05, 0.1) is 5.69 Å². The van der Waals surface area contributed by atoms with Gasteiger partial charge in [0, 0.05) is 7.05 Å².